The van der Waals surface area contributed by atoms with E-state index in [1.807, 2.05) is 32.0 Å². The fourth-order valence-corrected chi connectivity index (χ4v) is 4.95. The van der Waals surface area contributed by atoms with Crippen molar-refractivity contribution in [3.63, 3.8) is 0 Å². The molecule has 0 heterocycles. The zero-order chi connectivity index (χ0) is 22.9. The summed E-state index contributed by atoms with van der Waals surface area (Å²) < 4.78 is 13.1. The van der Waals surface area contributed by atoms with Crippen molar-refractivity contribution in [1.82, 2.24) is 10.2 Å². The van der Waals surface area contributed by atoms with Gasteiger partial charge < -0.3 is 10.2 Å². The highest BCUT2D eigenvalue weighted by molar-refractivity contribution is 7.99. The van der Waals surface area contributed by atoms with Crippen LogP contribution in [0, 0.1) is 12.7 Å². The van der Waals surface area contributed by atoms with E-state index < -0.39 is 6.04 Å². The molecule has 2 aromatic carbocycles. The van der Waals surface area contributed by atoms with Gasteiger partial charge in [0.15, 0.2) is 0 Å². The lowest BCUT2D eigenvalue weighted by atomic mass is 9.95. The van der Waals surface area contributed by atoms with E-state index in [4.69, 9.17) is 0 Å². The molecule has 32 heavy (non-hydrogen) atoms. The monoisotopic (exact) mass is 456 g/mol. The summed E-state index contributed by atoms with van der Waals surface area (Å²) in [5.74, 6) is 0.473. The second-order valence-electron chi connectivity index (χ2n) is 8.65. The molecular formula is C26H33FN2O2S. The number of aryl methyl sites for hydroxylation is 1. The van der Waals surface area contributed by atoms with Gasteiger partial charge in [0.25, 0.3) is 0 Å². The second-order valence-corrected chi connectivity index (χ2v) is 9.64. The van der Waals surface area contributed by atoms with Crippen LogP contribution in [-0.2, 0) is 21.9 Å². The van der Waals surface area contributed by atoms with Crippen molar-refractivity contribution in [2.24, 2.45) is 0 Å². The Labute approximate surface area is 195 Å². The summed E-state index contributed by atoms with van der Waals surface area (Å²) in [7, 11) is 0. The van der Waals surface area contributed by atoms with E-state index in [1.165, 1.54) is 30.3 Å². The number of benzene rings is 2. The Balaban J connectivity index is 1.64. The third-order valence-corrected chi connectivity index (χ3v) is 6.95. The van der Waals surface area contributed by atoms with Crippen LogP contribution in [0.2, 0.25) is 0 Å². The van der Waals surface area contributed by atoms with Crippen molar-refractivity contribution in [3.8, 4) is 0 Å². The molecule has 4 nitrogen and oxygen atoms in total. The van der Waals surface area contributed by atoms with E-state index in [9.17, 15) is 14.0 Å². The average Bonchev–Trinajstić information content (AvgIpc) is 2.79. The lowest BCUT2D eigenvalue weighted by molar-refractivity contribution is -0.139. The Kier molecular flexibility index (Phi) is 9.15. The van der Waals surface area contributed by atoms with E-state index in [2.05, 4.69) is 11.4 Å². The highest BCUT2D eigenvalue weighted by atomic mass is 32.2. The van der Waals surface area contributed by atoms with Crippen LogP contribution in [0.1, 0.15) is 55.7 Å². The number of amides is 2. The van der Waals surface area contributed by atoms with Crippen molar-refractivity contribution >= 4 is 23.6 Å². The van der Waals surface area contributed by atoms with E-state index in [0.717, 1.165) is 42.4 Å². The van der Waals surface area contributed by atoms with Gasteiger partial charge in [0.1, 0.15) is 11.9 Å². The van der Waals surface area contributed by atoms with E-state index >= 15 is 0 Å². The molecule has 1 atom stereocenters. The van der Waals surface area contributed by atoms with E-state index in [1.54, 1.807) is 17.0 Å². The number of carbonyl (C=O) groups excluding carboxylic acids is 2. The van der Waals surface area contributed by atoms with Gasteiger partial charge in [0, 0.05) is 18.3 Å². The predicted molar refractivity (Wildman–Crippen MR) is 129 cm³/mol. The van der Waals surface area contributed by atoms with E-state index in [-0.39, 0.29) is 29.4 Å². The van der Waals surface area contributed by atoms with Gasteiger partial charge in [-0.15, -0.1) is 11.8 Å². The Bertz CT molecular complexity index is 897. The largest absolute Gasteiger partial charge is 0.352 e. The van der Waals surface area contributed by atoms with Gasteiger partial charge in [-0.3, -0.25) is 9.59 Å². The molecule has 0 aliphatic heterocycles. The molecule has 2 amide bonds. The lowest BCUT2D eigenvalue weighted by Crippen LogP contribution is -2.50. The van der Waals surface area contributed by atoms with Gasteiger partial charge in [-0.2, -0.15) is 0 Å². The molecule has 1 saturated carbocycles. The third-order valence-electron chi connectivity index (χ3n) is 5.96. The lowest BCUT2D eigenvalue weighted by Gasteiger charge is -2.31. The van der Waals surface area contributed by atoms with Crippen LogP contribution in [0.3, 0.4) is 0 Å². The van der Waals surface area contributed by atoms with Crippen LogP contribution in [0.25, 0.3) is 0 Å². The molecule has 1 aliphatic carbocycles. The fraction of sp³-hybridized carbons (Fsp3) is 0.462. The minimum atomic E-state index is -0.545. The van der Waals surface area contributed by atoms with Crippen LogP contribution in [0.15, 0.2) is 48.5 Å². The molecule has 1 N–H and O–H groups in total. The second kappa shape index (κ2) is 12.0. The highest BCUT2D eigenvalue weighted by Gasteiger charge is 2.28. The molecule has 6 heteroatoms. The predicted octanol–water partition coefficient (Wildman–Crippen LogP) is 5.23. The fourth-order valence-electron chi connectivity index (χ4n) is 4.08. The van der Waals surface area contributed by atoms with Gasteiger partial charge in [0.05, 0.1) is 5.75 Å². The van der Waals surface area contributed by atoms with Gasteiger partial charge in [-0.25, -0.2) is 4.39 Å². The number of hydrogen-bond donors (Lipinski definition) is 1. The number of halogens is 1. The number of thioether (sulfide) groups is 1. The van der Waals surface area contributed by atoms with Crippen molar-refractivity contribution in [2.45, 2.75) is 70.3 Å². The summed E-state index contributed by atoms with van der Waals surface area (Å²) in [6.45, 7) is 4.24. The third kappa shape index (κ3) is 7.37. The van der Waals surface area contributed by atoms with Crippen molar-refractivity contribution in [1.29, 1.82) is 0 Å². The smallest absolute Gasteiger partial charge is 0.242 e. The van der Waals surface area contributed by atoms with Gasteiger partial charge >= 0.3 is 0 Å². The summed E-state index contributed by atoms with van der Waals surface area (Å²) in [6, 6.07) is 14.0. The Morgan fingerprint density at radius 3 is 2.50 bits per heavy atom. The van der Waals surface area contributed by atoms with Crippen molar-refractivity contribution < 1.29 is 14.0 Å². The van der Waals surface area contributed by atoms with Crippen LogP contribution >= 0.6 is 11.8 Å². The summed E-state index contributed by atoms with van der Waals surface area (Å²) in [5.41, 5.74) is 3.11. The van der Waals surface area contributed by atoms with Crippen LogP contribution in [0.5, 0.6) is 0 Å². The first kappa shape index (κ1) is 24.3. The minimum absolute atomic E-state index is 0.0649. The maximum absolute atomic E-state index is 13.2. The molecule has 0 unspecified atom stereocenters. The van der Waals surface area contributed by atoms with Crippen molar-refractivity contribution in [2.75, 3.05) is 5.75 Å². The summed E-state index contributed by atoms with van der Waals surface area (Å²) in [4.78, 5) is 27.9. The van der Waals surface area contributed by atoms with Gasteiger partial charge in [-0.1, -0.05) is 61.2 Å². The first-order valence-electron chi connectivity index (χ1n) is 11.4. The molecule has 172 valence electrons. The standard InChI is InChI=1S/C26H33FN2O2S/c1-19-7-6-8-22(15-19)16-29(20(2)26(31)28-24-9-4-3-5-10-24)25(30)18-32-17-21-11-13-23(27)14-12-21/h6-8,11-15,20,24H,3-5,9-10,16-18H2,1-2H3,(H,28,31)/t20-/m1/s1. The first-order chi connectivity index (χ1) is 15.4. The quantitative estimate of drug-likeness (QED) is 0.562. The number of nitrogens with zero attached hydrogens (tertiary/aromatic N) is 1. The number of rotatable bonds is 9. The van der Waals surface area contributed by atoms with E-state index in [0.29, 0.717) is 12.3 Å². The van der Waals surface area contributed by atoms with Crippen LogP contribution in [0.4, 0.5) is 4.39 Å². The van der Waals surface area contributed by atoms with Gasteiger partial charge in [-0.05, 0) is 49.9 Å². The van der Waals surface area contributed by atoms with Crippen molar-refractivity contribution in [3.05, 3.63) is 71.0 Å². The molecule has 1 aliphatic rings. The molecule has 0 spiro atoms. The Hall–Kier alpha value is -2.34. The Morgan fingerprint density at radius 2 is 1.81 bits per heavy atom. The average molecular weight is 457 g/mol. The highest BCUT2D eigenvalue weighted by Crippen LogP contribution is 2.19. The normalized spacial score (nSPS) is 15.2. The summed E-state index contributed by atoms with van der Waals surface area (Å²) in [6.07, 6.45) is 5.54. The molecule has 3 rings (SSSR count). The zero-order valence-corrected chi connectivity index (χ0v) is 19.8. The summed E-state index contributed by atoms with van der Waals surface area (Å²) >= 11 is 1.48. The first-order valence-corrected chi connectivity index (χ1v) is 12.6. The maximum Gasteiger partial charge on any atom is 0.242 e. The molecule has 1 fully saturated rings. The maximum atomic E-state index is 13.2. The Morgan fingerprint density at radius 1 is 1.09 bits per heavy atom. The number of nitrogens with one attached hydrogen (secondary N) is 1. The van der Waals surface area contributed by atoms with Crippen LogP contribution in [-0.4, -0.2) is 34.6 Å². The molecule has 0 saturated heterocycles. The number of carbonyl (C=O) groups is 2. The molecule has 0 bridgehead atoms. The minimum Gasteiger partial charge on any atom is -0.352 e. The summed E-state index contributed by atoms with van der Waals surface area (Å²) in [5, 5.41) is 3.16. The number of hydrogen-bond acceptors (Lipinski definition) is 3. The molecular weight excluding hydrogens is 423 g/mol. The molecule has 2 aromatic rings. The van der Waals surface area contributed by atoms with Gasteiger partial charge in [0.2, 0.25) is 11.8 Å². The molecule has 0 radical (unpaired) electrons. The topological polar surface area (TPSA) is 49.4 Å². The SMILES string of the molecule is Cc1cccc(CN(C(=O)CSCc2ccc(F)cc2)[C@H](C)C(=O)NC2CCCCC2)c1. The zero-order valence-electron chi connectivity index (χ0n) is 19.0. The molecule has 0 aromatic heterocycles. The van der Waals surface area contributed by atoms with Crippen LogP contribution < -0.4 is 5.32 Å².